The summed E-state index contributed by atoms with van der Waals surface area (Å²) in [6.45, 7) is 4.22. The van der Waals surface area contributed by atoms with E-state index in [9.17, 15) is 0 Å². The molecular formula is C24H22N2. The van der Waals surface area contributed by atoms with Crippen molar-refractivity contribution in [2.24, 2.45) is 10.2 Å². The molecule has 2 unspecified atom stereocenters. The van der Waals surface area contributed by atoms with Gasteiger partial charge in [-0.25, -0.2) is 0 Å². The predicted octanol–water partition coefficient (Wildman–Crippen LogP) is 7.27. The quantitative estimate of drug-likeness (QED) is 0.350. The molecule has 0 radical (unpaired) electrons. The Morgan fingerprint density at radius 3 is 1.35 bits per heavy atom. The Morgan fingerprint density at radius 2 is 0.885 bits per heavy atom. The average molecular weight is 338 g/mol. The smallest absolute Gasteiger partial charge is 0.0935 e. The molecule has 0 saturated heterocycles. The van der Waals surface area contributed by atoms with Crippen LogP contribution < -0.4 is 0 Å². The normalized spacial score (nSPS) is 14.1. The minimum Gasteiger partial charge on any atom is -0.186 e. The summed E-state index contributed by atoms with van der Waals surface area (Å²) in [7, 11) is 0. The molecule has 26 heavy (non-hydrogen) atoms. The first-order valence-corrected chi connectivity index (χ1v) is 9.09. The van der Waals surface area contributed by atoms with Crippen LogP contribution in [0.15, 0.2) is 95.2 Å². The van der Waals surface area contributed by atoms with Gasteiger partial charge in [0.05, 0.1) is 12.1 Å². The fraction of sp³-hybridized carbons (Fsp3) is 0.167. The zero-order valence-corrected chi connectivity index (χ0v) is 15.1. The van der Waals surface area contributed by atoms with E-state index in [1.54, 1.807) is 0 Å². The van der Waals surface area contributed by atoms with E-state index in [1.807, 2.05) is 0 Å². The van der Waals surface area contributed by atoms with E-state index in [-0.39, 0.29) is 12.1 Å². The van der Waals surface area contributed by atoms with Crippen molar-refractivity contribution in [2.75, 3.05) is 0 Å². The molecule has 4 aromatic carbocycles. The summed E-state index contributed by atoms with van der Waals surface area (Å²) in [4.78, 5) is 0. The van der Waals surface area contributed by atoms with Gasteiger partial charge in [0, 0.05) is 0 Å². The molecule has 0 spiro atoms. The van der Waals surface area contributed by atoms with Gasteiger partial charge >= 0.3 is 0 Å². The van der Waals surface area contributed by atoms with E-state index in [0.717, 1.165) is 0 Å². The molecule has 0 amide bonds. The molecule has 128 valence electrons. The molecule has 0 bridgehead atoms. The van der Waals surface area contributed by atoms with Crippen molar-refractivity contribution < 1.29 is 0 Å². The van der Waals surface area contributed by atoms with E-state index >= 15 is 0 Å². The van der Waals surface area contributed by atoms with Gasteiger partial charge in [-0.2, -0.15) is 10.2 Å². The summed E-state index contributed by atoms with van der Waals surface area (Å²) in [6.07, 6.45) is 0. The van der Waals surface area contributed by atoms with Crippen molar-refractivity contribution in [3.05, 3.63) is 96.1 Å². The molecule has 2 atom stereocenters. The number of nitrogens with zero attached hydrogens (tertiary/aromatic N) is 2. The summed E-state index contributed by atoms with van der Waals surface area (Å²) in [6, 6.07) is 29.7. The van der Waals surface area contributed by atoms with Crippen molar-refractivity contribution in [1.29, 1.82) is 0 Å². The van der Waals surface area contributed by atoms with Crippen molar-refractivity contribution in [3.63, 3.8) is 0 Å². The molecule has 0 saturated carbocycles. The summed E-state index contributed by atoms with van der Waals surface area (Å²) >= 11 is 0. The molecule has 0 heterocycles. The molecule has 0 aliphatic carbocycles. The second-order valence-electron chi connectivity index (χ2n) is 6.72. The molecule has 0 fully saturated rings. The first kappa shape index (κ1) is 16.5. The SMILES string of the molecule is CC(N=NC(C)c1cccc2ccccc12)c1cccc2ccccc12. The highest BCUT2D eigenvalue weighted by molar-refractivity contribution is 5.86. The second kappa shape index (κ2) is 7.09. The Morgan fingerprint density at radius 1 is 0.500 bits per heavy atom. The molecular weight excluding hydrogens is 316 g/mol. The number of hydrogen-bond acceptors (Lipinski definition) is 2. The molecule has 0 N–H and O–H groups in total. The Labute approximate surface area is 154 Å². The van der Waals surface area contributed by atoms with Crippen LogP contribution >= 0.6 is 0 Å². The number of hydrogen-bond donors (Lipinski definition) is 0. The van der Waals surface area contributed by atoms with Gasteiger partial charge in [-0.15, -0.1) is 0 Å². The lowest BCUT2D eigenvalue weighted by molar-refractivity contribution is 0.667. The standard InChI is InChI=1S/C24H22N2/c1-17(21-15-7-11-19-9-3-5-13-23(19)21)25-26-18(2)22-16-8-12-20-10-4-6-14-24(20)22/h3-18H,1-2H3. The largest absolute Gasteiger partial charge is 0.186 e. The Hall–Kier alpha value is -3.00. The van der Waals surface area contributed by atoms with Gasteiger partial charge in [-0.3, -0.25) is 0 Å². The van der Waals surface area contributed by atoms with E-state index < -0.39 is 0 Å². The fourth-order valence-electron chi connectivity index (χ4n) is 3.55. The summed E-state index contributed by atoms with van der Waals surface area (Å²) in [5, 5.41) is 14.3. The first-order valence-electron chi connectivity index (χ1n) is 9.09. The van der Waals surface area contributed by atoms with E-state index in [2.05, 4.69) is 109 Å². The molecule has 2 nitrogen and oxygen atoms in total. The van der Waals surface area contributed by atoms with Crippen molar-refractivity contribution >= 4 is 21.5 Å². The lowest BCUT2D eigenvalue weighted by atomic mass is 10.00. The third-order valence-corrected chi connectivity index (χ3v) is 4.96. The third kappa shape index (κ3) is 3.11. The lowest BCUT2D eigenvalue weighted by Crippen LogP contribution is -1.94. The molecule has 0 aliphatic heterocycles. The zero-order chi connectivity index (χ0) is 17.9. The minimum absolute atomic E-state index is 0.0264. The van der Waals surface area contributed by atoms with Crippen LogP contribution in [0.5, 0.6) is 0 Å². The monoisotopic (exact) mass is 338 g/mol. The van der Waals surface area contributed by atoms with Crippen LogP contribution in [0, 0.1) is 0 Å². The van der Waals surface area contributed by atoms with Gasteiger partial charge in [-0.1, -0.05) is 84.9 Å². The highest BCUT2D eigenvalue weighted by Gasteiger charge is 2.11. The predicted molar refractivity (Wildman–Crippen MR) is 110 cm³/mol. The average Bonchev–Trinajstić information content (AvgIpc) is 2.71. The highest BCUT2D eigenvalue weighted by atomic mass is 15.1. The van der Waals surface area contributed by atoms with Crippen LogP contribution in [0.1, 0.15) is 37.1 Å². The number of rotatable bonds is 4. The number of fused-ring (bicyclic) bond motifs is 2. The fourth-order valence-corrected chi connectivity index (χ4v) is 3.55. The van der Waals surface area contributed by atoms with Gasteiger partial charge in [0.15, 0.2) is 0 Å². The van der Waals surface area contributed by atoms with Gasteiger partial charge in [0.1, 0.15) is 0 Å². The maximum absolute atomic E-state index is 4.65. The molecule has 0 aromatic heterocycles. The van der Waals surface area contributed by atoms with Crippen LogP contribution in [0.2, 0.25) is 0 Å². The van der Waals surface area contributed by atoms with Gasteiger partial charge in [-0.05, 0) is 46.5 Å². The Bertz CT molecular complexity index is 984. The van der Waals surface area contributed by atoms with Crippen molar-refractivity contribution in [2.45, 2.75) is 25.9 Å². The maximum Gasteiger partial charge on any atom is 0.0935 e. The zero-order valence-electron chi connectivity index (χ0n) is 15.1. The molecule has 4 rings (SSSR count). The van der Waals surface area contributed by atoms with E-state index in [0.29, 0.717) is 0 Å². The molecule has 2 heteroatoms. The summed E-state index contributed by atoms with van der Waals surface area (Å²) in [5.74, 6) is 0. The summed E-state index contributed by atoms with van der Waals surface area (Å²) in [5.41, 5.74) is 2.44. The first-order chi connectivity index (χ1) is 12.7. The van der Waals surface area contributed by atoms with Gasteiger partial charge in [0.2, 0.25) is 0 Å². The highest BCUT2D eigenvalue weighted by Crippen LogP contribution is 2.30. The number of benzene rings is 4. The maximum atomic E-state index is 4.65. The van der Waals surface area contributed by atoms with Crippen LogP contribution in [0.3, 0.4) is 0 Å². The van der Waals surface area contributed by atoms with Crippen LogP contribution in [0.4, 0.5) is 0 Å². The Kier molecular flexibility index (Phi) is 4.49. The van der Waals surface area contributed by atoms with Gasteiger partial charge in [0.25, 0.3) is 0 Å². The van der Waals surface area contributed by atoms with E-state index in [4.69, 9.17) is 0 Å². The summed E-state index contributed by atoms with van der Waals surface area (Å²) < 4.78 is 0. The van der Waals surface area contributed by atoms with E-state index in [1.165, 1.54) is 32.7 Å². The third-order valence-electron chi connectivity index (χ3n) is 4.96. The van der Waals surface area contributed by atoms with Gasteiger partial charge < -0.3 is 0 Å². The lowest BCUT2D eigenvalue weighted by Gasteiger charge is -2.13. The van der Waals surface area contributed by atoms with Crippen LogP contribution in [-0.4, -0.2) is 0 Å². The second-order valence-corrected chi connectivity index (χ2v) is 6.72. The van der Waals surface area contributed by atoms with Crippen LogP contribution in [0.25, 0.3) is 21.5 Å². The Balaban J connectivity index is 1.64. The van der Waals surface area contributed by atoms with Crippen LogP contribution in [-0.2, 0) is 0 Å². The molecule has 4 aromatic rings. The van der Waals surface area contributed by atoms with Crippen molar-refractivity contribution in [1.82, 2.24) is 0 Å². The molecule has 0 aliphatic rings. The topological polar surface area (TPSA) is 24.7 Å². The number of azo groups is 1. The van der Waals surface area contributed by atoms with Crippen molar-refractivity contribution in [3.8, 4) is 0 Å². The minimum atomic E-state index is 0.0264.